The minimum atomic E-state index is -0.426. The van der Waals surface area contributed by atoms with Gasteiger partial charge < -0.3 is 9.47 Å². The maximum atomic E-state index is 13.1. The summed E-state index contributed by atoms with van der Waals surface area (Å²) in [5.41, 5.74) is 0.476. The fourth-order valence-electron chi connectivity index (χ4n) is 5.64. The molecule has 4 atom stereocenters. The third kappa shape index (κ3) is 4.73. The highest BCUT2D eigenvalue weighted by Gasteiger charge is 2.42. The lowest BCUT2D eigenvalue weighted by Gasteiger charge is -2.42. The second-order valence-corrected chi connectivity index (χ2v) is 10.9. The van der Waals surface area contributed by atoms with Crippen LogP contribution < -0.4 is 0 Å². The van der Waals surface area contributed by atoms with Gasteiger partial charge in [-0.1, -0.05) is 66.5 Å². The second-order valence-electron chi connectivity index (χ2n) is 10.9. The van der Waals surface area contributed by atoms with Crippen molar-refractivity contribution in [3.8, 4) is 0 Å². The molecule has 0 spiro atoms. The van der Waals surface area contributed by atoms with Gasteiger partial charge in [-0.15, -0.1) is 0 Å². The maximum Gasteiger partial charge on any atom is 0.339 e. The van der Waals surface area contributed by atoms with Crippen LogP contribution in [0.15, 0.2) is 24.3 Å². The Morgan fingerprint density at radius 1 is 0.767 bits per heavy atom. The molecule has 2 aliphatic carbocycles. The molecule has 2 aliphatic rings. The predicted octanol–water partition coefficient (Wildman–Crippen LogP) is 6.43. The molecule has 0 amide bonds. The van der Waals surface area contributed by atoms with Crippen molar-refractivity contribution >= 4 is 11.9 Å². The zero-order chi connectivity index (χ0) is 22.1. The topological polar surface area (TPSA) is 52.6 Å². The normalized spacial score (nSPS) is 30.3. The molecule has 2 saturated carbocycles. The van der Waals surface area contributed by atoms with Gasteiger partial charge in [-0.2, -0.15) is 0 Å². The highest BCUT2D eigenvalue weighted by Crippen LogP contribution is 2.42. The predicted molar refractivity (Wildman–Crippen MR) is 118 cm³/mol. The van der Waals surface area contributed by atoms with E-state index in [2.05, 4.69) is 41.5 Å². The van der Waals surface area contributed by atoms with E-state index in [4.69, 9.17) is 9.47 Å². The number of carbonyl (C=O) groups excluding carboxylic acids is 2. The molecule has 0 radical (unpaired) electrons. The van der Waals surface area contributed by atoms with Crippen LogP contribution in [0.4, 0.5) is 0 Å². The number of esters is 2. The van der Waals surface area contributed by atoms with Crippen molar-refractivity contribution in [1.29, 1.82) is 0 Å². The minimum absolute atomic E-state index is 0.0651. The van der Waals surface area contributed by atoms with Gasteiger partial charge in [0.25, 0.3) is 0 Å². The Balaban J connectivity index is 1.80. The molecule has 4 nitrogen and oxygen atoms in total. The molecule has 3 rings (SSSR count). The first-order valence-corrected chi connectivity index (χ1v) is 11.5. The lowest BCUT2D eigenvalue weighted by molar-refractivity contribution is -0.0545. The molecule has 30 heavy (non-hydrogen) atoms. The van der Waals surface area contributed by atoms with E-state index in [1.807, 2.05) is 0 Å². The lowest BCUT2D eigenvalue weighted by atomic mass is 9.70. The highest BCUT2D eigenvalue weighted by molar-refractivity contribution is 6.03. The van der Waals surface area contributed by atoms with Gasteiger partial charge in [0, 0.05) is 10.8 Å². The molecular weight excluding hydrogens is 376 g/mol. The zero-order valence-corrected chi connectivity index (χ0v) is 19.5. The average Bonchev–Trinajstić information content (AvgIpc) is 2.67. The molecule has 0 saturated heterocycles. The molecule has 0 bridgehead atoms. The Morgan fingerprint density at radius 2 is 1.13 bits per heavy atom. The van der Waals surface area contributed by atoms with Crippen LogP contribution in [0.3, 0.4) is 0 Å². The Bertz CT molecular complexity index is 714. The summed E-state index contributed by atoms with van der Waals surface area (Å²) in [6.07, 6.45) is 6.18. The van der Waals surface area contributed by atoms with Crippen LogP contribution in [-0.2, 0) is 9.47 Å². The van der Waals surface area contributed by atoms with Crippen LogP contribution in [0.1, 0.15) is 101 Å². The van der Waals surface area contributed by atoms with E-state index in [1.54, 1.807) is 24.3 Å². The Hall–Kier alpha value is -1.84. The van der Waals surface area contributed by atoms with Gasteiger partial charge in [0.2, 0.25) is 0 Å². The molecule has 166 valence electrons. The zero-order valence-electron chi connectivity index (χ0n) is 19.5. The van der Waals surface area contributed by atoms with Crippen molar-refractivity contribution < 1.29 is 19.1 Å². The van der Waals surface area contributed by atoms with Crippen LogP contribution in [0.2, 0.25) is 0 Å². The van der Waals surface area contributed by atoms with Crippen LogP contribution in [0.5, 0.6) is 0 Å². The average molecular weight is 415 g/mol. The summed E-state index contributed by atoms with van der Waals surface area (Å²) in [6.45, 7) is 12.9. The van der Waals surface area contributed by atoms with E-state index in [9.17, 15) is 9.59 Å². The smallest absolute Gasteiger partial charge is 0.339 e. The summed E-state index contributed by atoms with van der Waals surface area (Å²) < 4.78 is 12.0. The van der Waals surface area contributed by atoms with Crippen molar-refractivity contribution in [2.75, 3.05) is 0 Å². The Labute approximate surface area is 181 Å². The van der Waals surface area contributed by atoms with Crippen molar-refractivity contribution in [1.82, 2.24) is 0 Å². The summed E-state index contributed by atoms with van der Waals surface area (Å²) in [5, 5.41) is 0. The molecule has 1 aromatic carbocycles. The fraction of sp³-hybridized carbons (Fsp3) is 0.692. The van der Waals surface area contributed by atoms with Crippen molar-refractivity contribution in [3.05, 3.63) is 35.4 Å². The summed E-state index contributed by atoms with van der Waals surface area (Å²) in [7, 11) is 0. The standard InChI is InChI=1S/C26H38O4/c1-17-11-9-15-25(3,4)21(17)29-23(27)19-13-7-8-14-20(19)24(28)30-22-18(2)12-10-16-26(22,5)6/h7-8,13-14,17-18,21-22H,9-12,15-16H2,1-6H3. The quantitative estimate of drug-likeness (QED) is 0.533. The monoisotopic (exact) mass is 414 g/mol. The van der Waals surface area contributed by atoms with Crippen LogP contribution in [-0.4, -0.2) is 24.1 Å². The molecule has 0 aliphatic heterocycles. The number of carbonyl (C=O) groups is 2. The minimum Gasteiger partial charge on any atom is -0.458 e. The van der Waals surface area contributed by atoms with Crippen LogP contribution >= 0.6 is 0 Å². The first kappa shape index (κ1) is 22.8. The van der Waals surface area contributed by atoms with E-state index < -0.39 is 11.9 Å². The van der Waals surface area contributed by atoms with E-state index in [1.165, 1.54) is 0 Å². The van der Waals surface area contributed by atoms with Crippen LogP contribution in [0.25, 0.3) is 0 Å². The highest BCUT2D eigenvalue weighted by atomic mass is 16.6. The van der Waals surface area contributed by atoms with E-state index in [0.29, 0.717) is 23.0 Å². The molecule has 4 unspecified atom stereocenters. The molecule has 1 aromatic rings. The third-order valence-electron chi connectivity index (χ3n) is 7.37. The lowest BCUT2D eigenvalue weighted by Crippen LogP contribution is -2.43. The van der Waals surface area contributed by atoms with Crippen molar-refractivity contribution in [2.45, 2.75) is 92.3 Å². The molecule has 0 aromatic heterocycles. The molecule has 0 heterocycles. The molecule has 0 N–H and O–H groups in total. The molecule has 4 heteroatoms. The maximum absolute atomic E-state index is 13.1. The van der Waals surface area contributed by atoms with Gasteiger partial charge in [0.15, 0.2) is 0 Å². The van der Waals surface area contributed by atoms with Gasteiger partial charge in [0.05, 0.1) is 11.1 Å². The SMILES string of the molecule is CC1CCCC(C)(C)C1OC(=O)c1ccccc1C(=O)OC1C(C)CCCC1(C)C. The summed E-state index contributed by atoms with van der Waals surface area (Å²) >= 11 is 0. The Morgan fingerprint density at radius 3 is 1.47 bits per heavy atom. The first-order valence-electron chi connectivity index (χ1n) is 11.5. The second kappa shape index (κ2) is 8.72. The number of hydrogen-bond acceptors (Lipinski definition) is 4. The summed E-state index contributed by atoms with van der Waals surface area (Å²) in [6, 6.07) is 6.90. The molecule has 2 fully saturated rings. The first-order chi connectivity index (χ1) is 14.0. The van der Waals surface area contributed by atoms with Gasteiger partial charge in [0.1, 0.15) is 12.2 Å². The van der Waals surface area contributed by atoms with Gasteiger partial charge in [-0.25, -0.2) is 9.59 Å². The number of ether oxygens (including phenoxy) is 2. The Kier molecular flexibility index (Phi) is 6.64. The number of benzene rings is 1. The van der Waals surface area contributed by atoms with Gasteiger partial charge in [-0.3, -0.25) is 0 Å². The number of hydrogen-bond donors (Lipinski definition) is 0. The largest absolute Gasteiger partial charge is 0.458 e. The van der Waals surface area contributed by atoms with E-state index in [0.717, 1.165) is 38.5 Å². The van der Waals surface area contributed by atoms with Gasteiger partial charge >= 0.3 is 11.9 Å². The summed E-state index contributed by atoms with van der Waals surface area (Å²) in [4.78, 5) is 26.3. The number of rotatable bonds is 4. The molecular formula is C26H38O4. The van der Waals surface area contributed by atoms with E-state index in [-0.39, 0.29) is 23.0 Å². The van der Waals surface area contributed by atoms with E-state index >= 15 is 0 Å². The van der Waals surface area contributed by atoms with Crippen molar-refractivity contribution in [2.24, 2.45) is 22.7 Å². The fourth-order valence-corrected chi connectivity index (χ4v) is 5.64. The van der Waals surface area contributed by atoms with Crippen LogP contribution in [0, 0.1) is 22.7 Å². The van der Waals surface area contributed by atoms with Crippen molar-refractivity contribution in [3.63, 3.8) is 0 Å². The third-order valence-corrected chi connectivity index (χ3v) is 7.37. The summed E-state index contributed by atoms with van der Waals surface area (Å²) in [5.74, 6) is -0.239. The van der Waals surface area contributed by atoms with Gasteiger partial charge in [-0.05, 0) is 49.7 Å².